The lowest BCUT2D eigenvalue weighted by molar-refractivity contribution is -0.131. The first-order valence-corrected chi connectivity index (χ1v) is 10.8. The van der Waals surface area contributed by atoms with E-state index in [1.54, 1.807) is 0 Å². The van der Waals surface area contributed by atoms with Crippen molar-refractivity contribution in [1.82, 2.24) is 14.6 Å². The standard InChI is InChI=1S/C18H16Cl2FN3O5S/c1-29-15-6-13(19)14(21)5-10(15)4-11-7-23-17(25)9-24(18(11)26)30(27,28)12-2-3-16(20)22-8-12/h2-3,5-6,8,11H,4,7,9H2,1H3,(H,23,25). The number of carbonyl (C=O) groups excluding carboxylic acids is 2. The first-order valence-electron chi connectivity index (χ1n) is 8.60. The van der Waals surface area contributed by atoms with Crippen molar-refractivity contribution >= 4 is 45.0 Å². The molecule has 30 heavy (non-hydrogen) atoms. The van der Waals surface area contributed by atoms with Crippen molar-refractivity contribution in [3.8, 4) is 5.75 Å². The molecule has 3 rings (SSSR count). The molecule has 160 valence electrons. The predicted octanol–water partition coefficient (Wildman–Crippen LogP) is 2.04. The highest BCUT2D eigenvalue weighted by atomic mass is 35.5. The van der Waals surface area contributed by atoms with E-state index in [0.29, 0.717) is 9.87 Å². The Kier molecular flexibility index (Phi) is 6.49. The molecule has 2 amide bonds. The van der Waals surface area contributed by atoms with E-state index in [1.807, 2.05) is 0 Å². The van der Waals surface area contributed by atoms with Crippen LogP contribution in [0.1, 0.15) is 5.56 Å². The molecular formula is C18H16Cl2FN3O5S. The minimum Gasteiger partial charge on any atom is -0.496 e. The number of nitrogens with zero attached hydrogens (tertiary/aromatic N) is 2. The Hall–Kier alpha value is -2.43. The largest absolute Gasteiger partial charge is 0.496 e. The molecular weight excluding hydrogens is 460 g/mol. The van der Waals surface area contributed by atoms with Gasteiger partial charge in [0.05, 0.1) is 18.1 Å². The summed E-state index contributed by atoms with van der Waals surface area (Å²) < 4.78 is 45.5. The predicted molar refractivity (Wildman–Crippen MR) is 106 cm³/mol. The fourth-order valence-electron chi connectivity index (χ4n) is 2.98. The summed E-state index contributed by atoms with van der Waals surface area (Å²) in [7, 11) is -3.01. The number of nitrogens with one attached hydrogen (secondary N) is 1. The van der Waals surface area contributed by atoms with Crippen LogP contribution in [-0.4, -0.2) is 49.7 Å². The van der Waals surface area contributed by atoms with Crippen LogP contribution in [-0.2, 0) is 26.0 Å². The first kappa shape index (κ1) is 22.3. The SMILES string of the molecule is COc1cc(Cl)c(F)cc1CC1CNC(=O)CN(S(=O)(=O)c2ccc(Cl)nc2)C1=O. The highest BCUT2D eigenvalue weighted by Crippen LogP contribution is 2.29. The Labute approximate surface area is 182 Å². The normalized spacial score (nSPS) is 17.5. The zero-order chi connectivity index (χ0) is 22.1. The first-order chi connectivity index (χ1) is 14.1. The summed E-state index contributed by atoms with van der Waals surface area (Å²) in [5, 5.41) is 2.42. The van der Waals surface area contributed by atoms with Gasteiger partial charge in [-0.2, -0.15) is 0 Å². The number of carbonyl (C=O) groups is 2. The van der Waals surface area contributed by atoms with E-state index in [0.717, 1.165) is 12.3 Å². The van der Waals surface area contributed by atoms with Crippen molar-refractivity contribution in [2.45, 2.75) is 11.3 Å². The molecule has 1 atom stereocenters. The molecule has 0 bridgehead atoms. The van der Waals surface area contributed by atoms with E-state index in [9.17, 15) is 22.4 Å². The molecule has 1 aliphatic rings. The van der Waals surface area contributed by atoms with Crippen LogP contribution in [0.15, 0.2) is 35.4 Å². The summed E-state index contributed by atoms with van der Waals surface area (Å²) in [4.78, 5) is 28.6. The summed E-state index contributed by atoms with van der Waals surface area (Å²) in [6.07, 6.45) is 0.918. The lowest BCUT2D eigenvalue weighted by Crippen LogP contribution is -2.42. The number of rotatable bonds is 5. The van der Waals surface area contributed by atoms with Crippen molar-refractivity contribution in [3.05, 3.63) is 52.0 Å². The second kappa shape index (κ2) is 8.75. The molecule has 0 aliphatic carbocycles. The van der Waals surface area contributed by atoms with Gasteiger partial charge in [0.25, 0.3) is 10.0 Å². The molecule has 1 saturated heterocycles. The summed E-state index contributed by atoms with van der Waals surface area (Å²) in [6, 6.07) is 4.83. The van der Waals surface area contributed by atoms with Gasteiger partial charge in [-0.15, -0.1) is 0 Å². The van der Waals surface area contributed by atoms with Crippen molar-refractivity contribution < 1.29 is 27.1 Å². The van der Waals surface area contributed by atoms with Gasteiger partial charge in [0, 0.05) is 18.8 Å². The van der Waals surface area contributed by atoms with E-state index < -0.39 is 40.1 Å². The second-order valence-corrected chi connectivity index (χ2v) is 9.11. The molecule has 1 aromatic heterocycles. The Bertz CT molecular complexity index is 1100. The van der Waals surface area contributed by atoms with E-state index >= 15 is 0 Å². The quantitative estimate of drug-likeness (QED) is 0.663. The lowest BCUT2D eigenvalue weighted by atomic mass is 9.97. The maximum Gasteiger partial charge on any atom is 0.268 e. The van der Waals surface area contributed by atoms with E-state index in [1.165, 1.54) is 25.3 Å². The smallest absolute Gasteiger partial charge is 0.268 e. The fraction of sp³-hybridized carbons (Fsp3) is 0.278. The number of sulfonamides is 1. The average Bonchev–Trinajstić information content (AvgIpc) is 2.84. The highest BCUT2D eigenvalue weighted by Gasteiger charge is 2.38. The number of ether oxygens (including phenoxy) is 1. The average molecular weight is 476 g/mol. The number of hydrogen-bond donors (Lipinski definition) is 1. The number of pyridine rings is 1. The molecule has 2 aromatic rings. The topological polar surface area (TPSA) is 106 Å². The molecule has 1 N–H and O–H groups in total. The lowest BCUT2D eigenvalue weighted by Gasteiger charge is -2.23. The summed E-state index contributed by atoms with van der Waals surface area (Å²) in [6.45, 7) is -0.817. The van der Waals surface area contributed by atoms with Crippen LogP contribution in [0.2, 0.25) is 10.2 Å². The van der Waals surface area contributed by atoms with Gasteiger partial charge >= 0.3 is 0 Å². The minimum atomic E-state index is -4.36. The van der Waals surface area contributed by atoms with Crippen LogP contribution >= 0.6 is 23.2 Å². The van der Waals surface area contributed by atoms with Gasteiger partial charge in [-0.25, -0.2) is 22.1 Å². The van der Waals surface area contributed by atoms with Gasteiger partial charge < -0.3 is 10.1 Å². The van der Waals surface area contributed by atoms with Crippen LogP contribution in [0.3, 0.4) is 0 Å². The molecule has 1 unspecified atom stereocenters. The van der Waals surface area contributed by atoms with Crippen LogP contribution in [0.5, 0.6) is 5.75 Å². The highest BCUT2D eigenvalue weighted by molar-refractivity contribution is 7.89. The van der Waals surface area contributed by atoms with Gasteiger partial charge in [0.2, 0.25) is 11.8 Å². The molecule has 8 nitrogen and oxygen atoms in total. The van der Waals surface area contributed by atoms with Gasteiger partial charge in [0.1, 0.15) is 28.2 Å². The van der Waals surface area contributed by atoms with Gasteiger partial charge in [0.15, 0.2) is 0 Å². The van der Waals surface area contributed by atoms with Crippen molar-refractivity contribution in [2.24, 2.45) is 5.92 Å². The van der Waals surface area contributed by atoms with Crippen LogP contribution in [0, 0.1) is 11.7 Å². The monoisotopic (exact) mass is 475 g/mol. The Morgan fingerprint density at radius 3 is 2.67 bits per heavy atom. The third-order valence-corrected chi connectivity index (χ3v) is 6.75. The zero-order valence-corrected chi connectivity index (χ0v) is 17.9. The third-order valence-electron chi connectivity index (χ3n) is 4.51. The van der Waals surface area contributed by atoms with Crippen LogP contribution < -0.4 is 10.1 Å². The molecule has 0 saturated carbocycles. The minimum absolute atomic E-state index is 0.0728. The molecule has 12 heteroatoms. The van der Waals surface area contributed by atoms with E-state index in [2.05, 4.69) is 10.3 Å². The van der Waals surface area contributed by atoms with Crippen LogP contribution in [0.25, 0.3) is 0 Å². The number of methoxy groups -OCH3 is 1. The molecule has 0 spiro atoms. The number of halogens is 3. The zero-order valence-electron chi connectivity index (χ0n) is 15.6. The fourth-order valence-corrected chi connectivity index (χ4v) is 4.60. The molecule has 1 aliphatic heterocycles. The van der Waals surface area contributed by atoms with Crippen LogP contribution in [0.4, 0.5) is 4.39 Å². The van der Waals surface area contributed by atoms with Crippen molar-refractivity contribution in [1.29, 1.82) is 0 Å². The maximum atomic E-state index is 13.9. The summed E-state index contributed by atoms with van der Waals surface area (Å²) in [5.74, 6) is -2.93. The van der Waals surface area contributed by atoms with Gasteiger partial charge in [-0.1, -0.05) is 23.2 Å². The number of benzene rings is 1. The van der Waals surface area contributed by atoms with Gasteiger partial charge in [-0.3, -0.25) is 9.59 Å². The summed E-state index contributed by atoms with van der Waals surface area (Å²) >= 11 is 11.5. The third kappa shape index (κ3) is 4.50. The number of hydrogen-bond acceptors (Lipinski definition) is 6. The Balaban J connectivity index is 1.96. The summed E-state index contributed by atoms with van der Waals surface area (Å²) in [5.41, 5.74) is 0.305. The molecule has 1 fully saturated rings. The number of amides is 2. The Morgan fingerprint density at radius 2 is 2.03 bits per heavy atom. The molecule has 1 aromatic carbocycles. The van der Waals surface area contributed by atoms with Crippen molar-refractivity contribution in [2.75, 3.05) is 20.2 Å². The molecule has 0 radical (unpaired) electrons. The number of aromatic nitrogens is 1. The van der Waals surface area contributed by atoms with E-state index in [-0.39, 0.29) is 33.8 Å². The Morgan fingerprint density at radius 1 is 1.30 bits per heavy atom. The van der Waals surface area contributed by atoms with Gasteiger partial charge in [-0.05, 0) is 30.2 Å². The van der Waals surface area contributed by atoms with Crippen molar-refractivity contribution in [3.63, 3.8) is 0 Å². The van der Waals surface area contributed by atoms with E-state index in [4.69, 9.17) is 27.9 Å². The molecule has 2 heterocycles. The second-order valence-electron chi connectivity index (χ2n) is 6.45. The maximum absolute atomic E-state index is 13.9.